The zero-order valence-corrected chi connectivity index (χ0v) is 53.2. The molecule has 1 atom stereocenters. The highest BCUT2D eigenvalue weighted by Crippen LogP contribution is 2.45. The first-order valence-corrected chi connectivity index (χ1v) is 35.1. The molecule has 5 aromatic rings. The van der Waals surface area contributed by atoms with Crippen molar-refractivity contribution in [1.82, 2.24) is 0 Å². The summed E-state index contributed by atoms with van der Waals surface area (Å²) in [5.74, 6) is 6.99. The molecule has 0 saturated heterocycles. The lowest BCUT2D eigenvalue weighted by Gasteiger charge is -2.37. The molecule has 12 rings (SSSR count). The van der Waals surface area contributed by atoms with Gasteiger partial charge in [-0.3, -0.25) is 0 Å². The highest BCUT2D eigenvalue weighted by atomic mass is 19.2. The van der Waals surface area contributed by atoms with Crippen LogP contribution in [0.1, 0.15) is 223 Å². The summed E-state index contributed by atoms with van der Waals surface area (Å²) in [6.45, 7) is 7.25. The van der Waals surface area contributed by atoms with Gasteiger partial charge < -0.3 is 0 Å². The fourth-order valence-corrected chi connectivity index (χ4v) is 17.0. The fourth-order valence-electron chi connectivity index (χ4n) is 17.0. The third-order valence-corrected chi connectivity index (χ3v) is 23.2. The van der Waals surface area contributed by atoms with Gasteiger partial charge in [-0.1, -0.05) is 189 Å². The Balaban J connectivity index is 0.000000145. The van der Waals surface area contributed by atoms with Crippen LogP contribution in [0.2, 0.25) is 0 Å². The second-order valence-corrected chi connectivity index (χ2v) is 29.3. The van der Waals surface area contributed by atoms with E-state index in [1.807, 2.05) is 36.4 Å². The van der Waals surface area contributed by atoms with E-state index >= 15 is 0 Å². The van der Waals surface area contributed by atoms with Crippen LogP contribution < -0.4 is 0 Å². The molecule has 6 fully saturated rings. The second-order valence-electron chi connectivity index (χ2n) is 29.3. The maximum atomic E-state index is 13.5. The molecule has 1 unspecified atom stereocenters. The van der Waals surface area contributed by atoms with E-state index in [-0.39, 0.29) is 12.2 Å². The summed E-state index contributed by atoms with van der Waals surface area (Å²) >= 11 is 0. The normalized spacial score (nSPS) is 29.5. The molecule has 0 spiro atoms. The molecule has 0 amide bonds. The number of aryl methyl sites for hydroxylation is 3. The molecule has 0 aromatic heterocycles. The topological polar surface area (TPSA) is 0 Å². The lowest BCUT2D eigenvalue weighted by Crippen LogP contribution is -2.25. The van der Waals surface area contributed by atoms with Crippen LogP contribution in [0.5, 0.6) is 0 Å². The van der Waals surface area contributed by atoms with E-state index in [9.17, 15) is 26.3 Å². The summed E-state index contributed by atoms with van der Waals surface area (Å²) < 4.78 is 80.0. The highest BCUT2D eigenvalue weighted by Gasteiger charge is 2.33. The smallest absolute Gasteiger partial charge is 0.194 e. The van der Waals surface area contributed by atoms with Gasteiger partial charge in [-0.15, -0.1) is 0 Å². The van der Waals surface area contributed by atoms with Gasteiger partial charge in [0.05, 0.1) is 0 Å². The van der Waals surface area contributed by atoms with Crippen LogP contribution in [0.25, 0.3) is 27.8 Å². The van der Waals surface area contributed by atoms with Gasteiger partial charge in [0, 0.05) is 6.42 Å². The maximum absolute atomic E-state index is 13.5. The van der Waals surface area contributed by atoms with Crippen molar-refractivity contribution in [2.75, 3.05) is 0 Å². The molecule has 7 aliphatic rings. The number of rotatable bonds is 15. The van der Waals surface area contributed by atoms with Crippen molar-refractivity contribution in [3.8, 4) is 22.3 Å². The van der Waals surface area contributed by atoms with Crippen molar-refractivity contribution in [3.05, 3.63) is 173 Å². The highest BCUT2D eigenvalue weighted by molar-refractivity contribution is 5.75. The summed E-state index contributed by atoms with van der Waals surface area (Å²) in [6.07, 6.45) is 43.7. The summed E-state index contributed by atoms with van der Waals surface area (Å²) in [4.78, 5) is 0. The zero-order valence-electron chi connectivity index (χ0n) is 53.2. The van der Waals surface area contributed by atoms with Crippen LogP contribution >= 0.6 is 0 Å². The Kier molecular flexibility index (Phi) is 24.1. The van der Waals surface area contributed by atoms with Crippen molar-refractivity contribution in [1.29, 1.82) is 0 Å². The minimum Gasteiger partial charge on any atom is -0.239 e. The van der Waals surface area contributed by atoms with Crippen molar-refractivity contribution in [2.45, 2.75) is 226 Å². The first-order valence-electron chi connectivity index (χ1n) is 35.1. The first kappa shape index (κ1) is 65.1. The van der Waals surface area contributed by atoms with Gasteiger partial charge in [-0.05, 0) is 267 Å². The van der Waals surface area contributed by atoms with Crippen molar-refractivity contribution in [3.63, 3.8) is 0 Å². The Hall–Kier alpha value is -4.84. The van der Waals surface area contributed by atoms with Gasteiger partial charge in [0.15, 0.2) is 23.6 Å². The van der Waals surface area contributed by atoms with E-state index in [0.717, 1.165) is 113 Å². The zero-order chi connectivity index (χ0) is 60.7. The van der Waals surface area contributed by atoms with Crippen LogP contribution in [-0.2, 0) is 19.3 Å². The number of alkyl halides is 1. The number of halogens is 6. The summed E-state index contributed by atoms with van der Waals surface area (Å²) in [5.41, 5.74) is 9.18. The van der Waals surface area contributed by atoms with E-state index in [4.69, 9.17) is 0 Å². The quantitative estimate of drug-likeness (QED) is 0.0724. The molecule has 0 nitrogen and oxygen atoms in total. The van der Waals surface area contributed by atoms with Gasteiger partial charge in [0.2, 0.25) is 0 Å². The molecule has 0 N–H and O–H groups in total. The molecule has 6 heteroatoms. The van der Waals surface area contributed by atoms with Crippen molar-refractivity contribution < 1.29 is 26.3 Å². The monoisotopic (exact) mass is 1190 g/mol. The van der Waals surface area contributed by atoms with Gasteiger partial charge in [-0.2, -0.15) is 0 Å². The minimum absolute atomic E-state index is 0.141. The Morgan fingerprint density at radius 2 is 0.621 bits per heavy atom. The molecule has 0 aliphatic heterocycles. The van der Waals surface area contributed by atoms with Crippen molar-refractivity contribution in [2.24, 2.45) is 71.0 Å². The molecular weight excluding hydrogens is 1090 g/mol. The van der Waals surface area contributed by atoms with E-state index in [0.29, 0.717) is 11.1 Å². The third kappa shape index (κ3) is 19.1. The van der Waals surface area contributed by atoms with Crippen LogP contribution in [0.4, 0.5) is 26.3 Å². The third-order valence-electron chi connectivity index (χ3n) is 23.2. The van der Waals surface area contributed by atoms with E-state index in [2.05, 4.69) is 69.3 Å². The standard InChI is InChI=1S/C27H33F3.C27H36F2.C27H35F/c1-18-2-10-21(11-3-18)22-12-6-19(7-13-22)4-5-20-8-14-23(15-9-20)24-16-25(28)27(30)26(29)17-24;1-19-2-10-22(11-3-19)23-12-6-20(7-13-23)4-5-21-8-14-24(15-9-21)25-16-17-26(28)27(29)18-25;1-20-2-10-23(11-3-20)24-12-6-21(7-13-24)4-5-22-8-14-25(15-9-22)26-16-18-27(28)19-17-26/h8-9,14-19,21-22H,2-7,10-13H2,1H3;8-9,14-16,18-20,22-23,26H,2-7,10-13,17H2,1H3;8-9,14-21,23-24H,2-7,10-13H2,1H3. The first-order chi connectivity index (χ1) is 42.2. The van der Waals surface area contributed by atoms with Gasteiger partial charge in [-0.25, -0.2) is 26.3 Å². The number of benzene rings is 5. The number of hydrogen-bond acceptors (Lipinski definition) is 0. The van der Waals surface area contributed by atoms with Gasteiger partial charge in [0.25, 0.3) is 0 Å². The molecule has 5 aromatic carbocycles. The largest absolute Gasteiger partial charge is 0.239 e. The minimum atomic E-state index is -1.46. The van der Waals surface area contributed by atoms with Crippen LogP contribution in [0.3, 0.4) is 0 Å². The Bertz CT molecular complexity index is 2870. The second kappa shape index (κ2) is 32.3. The van der Waals surface area contributed by atoms with E-state index in [1.165, 1.54) is 220 Å². The number of hydrogen-bond donors (Lipinski definition) is 0. The van der Waals surface area contributed by atoms with Gasteiger partial charge in [0.1, 0.15) is 11.6 Å². The Labute approximate surface area is 521 Å². The molecule has 0 radical (unpaired) electrons. The SMILES string of the molecule is CC1CCC(C2CCC(CCc3ccc(-c4cc(F)c(F)c(F)c4)cc3)CC2)CC1.CC1CCC(C2CCC(CCc3ccc(-c4ccc(F)cc4)cc3)CC2)CC1.CC1CCC(C2CCC(CCc3ccc(C4=CCC(F)C(F)=C4)cc3)CC2)CC1. The van der Waals surface area contributed by atoms with Crippen molar-refractivity contribution >= 4 is 5.57 Å². The molecule has 87 heavy (non-hydrogen) atoms. The van der Waals surface area contributed by atoms with E-state index < -0.39 is 29.5 Å². The lowest BCUT2D eigenvalue weighted by molar-refractivity contribution is 0.148. The average Bonchev–Trinajstić information content (AvgIpc) is 3.75. The lowest BCUT2D eigenvalue weighted by atomic mass is 9.69. The molecule has 470 valence electrons. The molecule has 6 saturated carbocycles. The maximum Gasteiger partial charge on any atom is 0.194 e. The van der Waals surface area contributed by atoms with Crippen LogP contribution in [0.15, 0.2) is 127 Å². The summed E-state index contributed by atoms with van der Waals surface area (Å²) in [7, 11) is 0. The molecule has 0 heterocycles. The average molecular weight is 1190 g/mol. The predicted molar refractivity (Wildman–Crippen MR) is 351 cm³/mol. The Morgan fingerprint density at radius 1 is 0.333 bits per heavy atom. The Morgan fingerprint density at radius 3 is 0.943 bits per heavy atom. The number of allylic oxidation sites excluding steroid dienone is 4. The molecule has 7 aliphatic carbocycles. The van der Waals surface area contributed by atoms with Crippen LogP contribution in [0, 0.1) is 94.3 Å². The van der Waals surface area contributed by atoms with Crippen LogP contribution in [-0.4, -0.2) is 6.17 Å². The summed E-state index contributed by atoms with van der Waals surface area (Å²) in [6, 6.07) is 34.0. The van der Waals surface area contributed by atoms with E-state index in [1.54, 1.807) is 6.08 Å². The van der Waals surface area contributed by atoms with Gasteiger partial charge >= 0.3 is 0 Å². The predicted octanol–water partition coefficient (Wildman–Crippen LogP) is 24.6. The fraction of sp³-hybridized carbons (Fsp3) is 0.580. The molecular formula is C81H104F6. The summed E-state index contributed by atoms with van der Waals surface area (Å²) in [5, 5.41) is 0. The molecule has 0 bridgehead atoms.